The molecule has 1 rings (SSSR count). The molecular formula is C14H17F6NOS. The summed E-state index contributed by atoms with van der Waals surface area (Å²) in [5.74, 6) is -1.56. The van der Waals surface area contributed by atoms with Crippen molar-refractivity contribution in [2.45, 2.75) is 30.3 Å². The minimum Gasteiger partial charge on any atom is -0.373 e. The third-order valence-corrected chi connectivity index (χ3v) is 4.25. The summed E-state index contributed by atoms with van der Waals surface area (Å²) in [6.07, 6.45) is -11.6. The van der Waals surface area contributed by atoms with Crippen molar-refractivity contribution in [3.63, 3.8) is 0 Å². The predicted octanol–water partition coefficient (Wildman–Crippen LogP) is 3.84. The molecule has 0 heterocycles. The number of hydrogen-bond acceptors (Lipinski definition) is 3. The van der Waals surface area contributed by atoms with Gasteiger partial charge >= 0.3 is 12.4 Å². The quantitative estimate of drug-likeness (QED) is 0.779. The number of benzene rings is 1. The van der Waals surface area contributed by atoms with Crippen LogP contribution in [-0.4, -0.2) is 47.8 Å². The van der Waals surface area contributed by atoms with Gasteiger partial charge in [-0.3, -0.25) is 0 Å². The zero-order chi connectivity index (χ0) is 17.9. The van der Waals surface area contributed by atoms with Crippen LogP contribution in [0.4, 0.5) is 26.3 Å². The number of halogens is 6. The topological polar surface area (TPSA) is 23.5 Å². The molecule has 0 radical (unpaired) electrons. The Bertz CT molecular complexity index is 501. The van der Waals surface area contributed by atoms with Gasteiger partial charge in [-0.15, -0.1) is 0 Å². The Morgan fingerprint density at radius 3 is 1.87 bits per heavy atom. The summed E-state index contributed by atoms with van der Waals surface area (Å²) in [4.78, 5) is 1.84. The van der Waals surface area contributed by atoms with E-state index >= 15 is 0 Å². The Kier molecular flexibility index (Phi) is 6.39. The summed E-state index contributed by atoms with van der Waals surface area (Å²) >= 11 is 0.400. The summed E-state index contributed by atoms with van der Waals surface area (Å²) < 4.78 is 75.5. The minimum absolute atomic E-state index is 0.0571. The molecule has 0 aliphatic rings. The second kappa shape index (κ2) is 7.31. The first kappa shape index (κ1) is 20.1. The summed E-state index contributed by atoms with van der Waals surface area (Å²) in [6.45, 7) is 0.513. The molecule has 0 aliphatic carbocycles. The first-order chi connectivity index (χ1) is 10.4. The van der Waals surface area contributed by atoms with E-state index in [4.69, 9.17) is 5.11 Å². The number of aliphatic hydroxyl groups is 1. The highest BCUT2D eigenvalue weighted by Crippen LogP contribution is 2.45. The van der Waals surface area contributed by atoms with E-state index in [1.54, 1.807) is 38.4 Å². The number of alkyl halides is 6. The van der Waals surface area contributed by atoms with Crippen molar-refractivity contribution in [3.05, 3.63) is 35.4 Å². The van der Waals surface area contributed by atoms with Crippen molar-refractivity contribution in [3.8, 4) is 0 Å². The van der Waals surface area contributed by atoms with Crippen LogP contribution in [0.1, 0.15) is 11.1 Å². The second-order valence-corrected chi connectivity index (χ2v) is 6.34. The van der Waals surface area contributed by atoms with Gasteiger partial charge in [-0.2, -0.15) is 38.1 Å². The Hall–Kier alpha value is -0.930. The first-order valence-electron chi connectivity index (χ1n) is 6.53. The molecule has 0 amide bonds. The maximum absolute atomic E-state index is 12.6. The van der Waals surface area contributed by atoms with Crippen LogP contribution in [0.2, 0.25) is 0 Å². The zero-order valence-electron chi connectivity index (χ0n) is 12.5. The monoisotopic (exact) mass is 361 g/mol. The van der Waals surface area contributed by atoms with Crippen molar-refractivity contribution >= 4 is 11.8 Å². The first-order valence-corrected chi connectivity index (χ1v) is 7.69. The lowest BCUT2D eigenvalue weighted by Gasteiger charge is -2.32. The molecule has 23 heavy (non-hydrogen) atoms. The molecule has 1 N–H and O–H groups in total. The van der Waals surface area contributed by atoms with Gasteiger partial charge < -0.3 is 10.0 Å². The maximum Gasteiger partial charge on any atom is 0.427 e. The van der Waals surface area contributed by atoms with Gasteiger partial charge in [0.25, 0.3) is 5.60 Å². The molecule has 0 unspecified atom stereocenters. The van der Waals surface area contributed by atoms with E-state index in [-0.39, 0.29) is 5.75 Å². The second-order valence-electron chi connectivity index (χ2n) is 5.36. The van der Waals surface area contributed by atoms with E-state index in [0.29, 0.717) is 23.9 Å². The molecule has 0 bridgehead atoms. The molecule has 1 aromatic carbocycles. The third-order valence-electron chi connectivity index (χ3n) is 3.11. The molecule has 0 saturated heterocycles. The minimum atomic E-state index is -5.78. The van der Waals surface area contributed by atoms with Crippen molar-refractivity contribution in [1.82, 2.24) is 4.90 Å². The summed E-state index contributed by atoms with van der Waals surface area (Å²) in [5.41, 5.74) is -3.26. The standard InChI is InChI=1S/C14H17F6NOS/c1-21(2)7-10-5-3-4-6-11(10)8-23-9-12(22,13(15,16)17)14(18,19)20/h3-6,22H,7-9H2,1-2H3. The lowest BCUT2D eigenvalue weighted by molar-refractivity contribution is -0.358. The number of thioether (sulfide) groups is 1. The fourth-order valence-electron chi connectivity index (χ4n) is 1.83. The molecule has 0 aromatic heterocycles. The van der Waals surface area contributed by atoms with Gasteiger partial charge in [0.05, 0.1) is 0 Å². The van der Waals surface area contributed by atoms with E-state index in [9.17, 15) is 26.3 Å². The van der Waals surface area contributed by atoms with Crippen molar-refractivity contribution < 1.29 is 31.4 Å². The van der Waals surface area contributed by atoms with Crippen molar-refractivity contribution in [1.29, 1.82) is 0 Å². The smallest absolute Gasteiger partial charge is 0.373 e. The molecule has 0 aliphatic heterocycles. The highest BCUT2D eigenvalue weighted by atomic mass is 32.2. The molecule has 0 saturated carbocycles. The molecule has 0 fully saturated rings. The van der Waals surface area contributed by atoms with Gasteiger partial charge in [0, 0.05) is 18.1 Å². The predicted molar refractivity (Wildman–Crippen MR) is 77.1 cm³/mol. The van der Waals surface area contributed by atoms with Crippen LogP contribution in [0.25, 0.3) is 0 Å². The maximum atomic E-state index is 12.6. The Labute approximate surface area is 134 Å². The average molecular weight is 361 g/mol. The Morgan fingerprint density at radius 2 is 1.43 bits per heavy atom. The molecule has 0 atom stereocenters. The van der Waals surface area contributed by atoms with Gasteiger partial charge in [0.2, 0.25) is 0 Å². The highest BCUT2D eigenvalue weighted by Gasteiger charge is 2.70. The van der Waals surface area contributed by atoms with E-state index in [1.165, 1.54) is 0 Å². The van der Waals surface area contributed by atoms with Gasteiger partial charge in [0.1, 0.15) is 0 Å². The largest absolute Gasteiger partial charge is 0.427 e. The van der Waals surface area contributed by atoms with E-state index < -0.39 is 23.7 Å². The number of hydrogen-bond donors (Lipinski definition) is 1. The van der Waals surface area contributed by atoms with Crippen LogP contribution >= 0.6 is 11.8 Å². The van der Waals surface area contributed by atoms with Crippen LogP contribution < -0.4 is 0 Å². The summed E-state index contributed by atoms with van der Waals surface area (Å²) in [6, 6.07) is 6.81. The molecule has 132 valence electrons. The molecule has 0 spiro atoms. The lowest BCUT2D eigenvalue weighted by atomic mass is 10.1. The molecule has 2 nitrogen and oxygen atoms in total. The molecular weight excluding hydrogens is 344 g/mol. The average Bonchev–Trinajstić information content (AvgIpc) is 2.37. The van der Waals surface area contributed by atoms with Crippen LogP contribution in [0.3, 0.4) is 0 Å². The van der Waals surface area contributed by atoms with E-state index in [0.717, 1.165) is 5.56 Å². The highest BCUT2D eigenvalue weighted by molar-refractivity contribution is 7.98. The normalized spacial score (nSPS) is 13.7. The van der Waals surface area contributed by atoms with Crippen molar-refractivity contribution in [2.24, 2.45) is 0 Å². The Morgan fingerprint density at radius 1 is 0.957 bits per heavy atom. The van der Waals surface area contributed by atoms with Gasteiger partial charge in [0.15, 0.2) is 0 Å². The van der Waals surface area contributed by atoms with Crippen LogP contribution in [0.15, 0.2) is 24.3 Å². The summed E-state index contributed by atoms with van der Waals surface area (Å²) in [7, 11) is 3.60. The van der Waals surface area contributed by atoms with Gasteiger partial charge in [-0.1, -0.05) is 24.3 Å². The summed E-state index contributed by atoms with van der Waals surface area (Å²) in [5, 5.41) is 9.10. The third kappa shape index (κ3) is 5.02. The Balaban J connectivity index is 2.83. The fourth-order valence-corrected chi connectivity index (χ4v) is 3.05. The lowest BCUT2D eigenvalue weighted by Crippen LogP contribution is -2.58. The SMILES string of the molecule is CN(C)Cc1ccccc1CSCC(O)(C(F)(F)F)C(F)(F)F. The van der Waals surface area contributed by atoms with E-state index in [2.05, 4.69) is 0 Å². The van der Waals surface area contributed by atoms with E-state index in [1.807, 2.05) is 4.90 Å². The molecule has 9 heteroatoms. The molecule has 1 aromatic rings. The van der Waals surface area contributed by atoms with Crippen molar-refractivity contribution in [2.75, 3.05) is 19.8 Å². The fraction of sp³-hybridized carbons (Fsp3) is 0.571. The van der Waals surface area contributed by atoms with Crippen LogP contribution in [0.5, 0.6) is 0 Å². The van der Waals surface area contributed by atoms with Crippen LogP contribution in [0, 0.1) is 0 Å². The van der Waals surface area contributed by atoms with Gasteiger partial charge in [-0.25, -0.2) is 0 Å². The zero-order valence-corrected chi connectivity index (χ0v) is 13.3. The number of rotatable bonds is 6. The van der Waals surface area contributed by atoms with Gasteiger partial charge in [-0.05, 0) is 25.2 Å². The van der Waals surface area contributed by atoms with Crippen LogP contribution in [-0.2, 0) is 12.3 Å². The number of nitrogens with zero attached hydrogens (tertiary/aromatic N) is 1.